The molecule has 12 nitrogen and oxygen atoms in total. The van der Waals surface area contributed by atoms with Gasteiger partial charge in [-0.05, 0) is 38.9 Å². The Hall–Kier alpha value is -3.74. The van der Waals surface area contributed by atoms with Crippen molar-refractivity contribution in [3.05, 3.63) is 41.2 Å². The highest BCUT2D eigenvalue weighted by Gasteiger charge is 2.38. The van der Waals surface area contributed by atoms with Crippen molar-refractivity contribution in [1.82, 2.24) is 25.1 Å². The van der Waals surface area contributed by atoms with Crippen LogP contribution in [-0.4, -0.2) is 109 Å². The number of ether oxygens (including phenoxy) is 1. The average molecular weight is 591 g/mol. The molecule has 0 spiro atoms. The Morgan fingerprint density at radius 3 is 2.70 bits per heavy atom. The SMILES string of the molecule is C/C=C1/C(=O)N(C)c2cnc(Nc3ccc(C(=O)NC[C@H](O)CN4CCN(C)CC4)c4c3OCC4)nc2N1C1CCCC1. The molecular formula is C31H42N8O4. The van der Waals surface area contributed by atoms with E-state index < -0.39 is 6.10 Å². The number of aliphatic hydroxyl groups is 1. The number of carbonyl (C=O) groups is 2. The van der Waals surface area contributed by atoms with Crippen molar-refractivity contribution in [2.45, 2.75) is 51.2 Å². The number of allylic oxidation sites excluding steroid dienone is 1. The van der Waals surface area contributed by atoms with Crippen LogP contribution in [0.5, 0.6) is 5.75 Å². The van der Waals surface area contributed by atoms with Crippen LogP contribution in [0.4, 0.5) is 23.1 Å². The van der Waals surface area contributed by atoms with Gasteiger partial charge < -0.3 is 35.2 Å². The quantitative estimate of drug-likeness (QED) is 0.394. The van der Waals surface area contributed by atoms with E-state index in [4.69, 9.17) is 9.72 Å². The highest BCUT2D eigenvalue weighted by molar-refractivity contribution is 6.12. The van der Waals surface area contributed by atoms with Crippen LogP contribution < -0.4 is 25.2 Å². The molecule has 2 aromatic rings. The van der Waals surface area contributed by atoms with Gasteiger partial charge in [-0.2, -0.15) is 4.98 Å². The van der Waals surface area contributed by atoms with Gasteiger partial charge in [-0.15, -0.1) is 0 Å². The molecule has 0 bridgehead atoms. The fraction of sp³-hybridized carbons (Fsp3) is 0.548. The van der Waals surface area contributed by atoms with E-state index in [9.17, 15) is 14.7 Å². The van der Waals surface area contributed by atoms with Crippen LogP contribution in [0.15, 0.2) is 30.1 Å². The molecule has 0 unspecified atom stereocenters. The van der Waals surface area contributed by atoms with E-state index in [2.05, 4.69) is 37.4 Å². The van der Waals surface area contributed by atoms with Gasteiger partial charge in [0.15, 0.2) is 5.82 Å². The molecule has 230 valence electrons. The third kappa shape index (κ3) is 5.91. The standard InChI is InChI=1S/C31H42N8O4/c1-4-25-30(42)37(3)26-18-33-31(35-28(26)39(25)20-7-5-6-8-20)34-24-10-9-23(22-11-16-43-27(22)24)29(41)32-17-21(40)19-38-14-12-36(2)13-15-38/h4,9-10,18,20-21,40H,5-8,11-17,19H2,1-3H3,(H,32,41)(H,33,34,35)/b25-4-/t21-/m0/s1. The molecular weight excluding hydrogens is 548 g/mol. The van der Waals surface area contributed by atoms with E-state index in [-0.39, 0.29) is 24.4 Å². The number of likely N-dealkylation sites (N-methyl/N-ethyl adjacent to an activating group) is 2. The highest BCUT2D eigenvalue weighted by Crippen LogP contribution is 2.42. The largest absolute Gasteiger partial charge is 0.491 e. The first-order valence-corrected chi connectivity index (χ1v) is 15.4. The molecule has 2 fully saturated rings. The maximum absolute atomic E-state index is 13.2. The number of aliphatic hydroxyl groups excluding tert-OH is 1. The minimum atomic E-state index is -0.639. The maximum atomic E-state index is 13.2. The van der Waals surface area contributed by atoms with E-state index in [1.54, 1.807) is 24.2 Å². The molecule has 43 heavy (non-hydrogen) atoms. The summed E-state index contributed by atoms with van der Waals surface area (Å²) in [6, 6.07) is 3.81. The molecule has 12 heteroatoms. The third-order valence-electron chi connectivity index (χ3n) is 9.00. The Morgan fingerprint density at radius 2 is 1.95 bits per heavy atom. The molecule has 1 aliphatic carbocycles. The molecule has 1 atom stereocenters. The Kier molecular flexibility index (Phi) is 8.51. The zero-order valence-electron chi connectivity index (χ0n) is 25.3. The zero-order chi connectivity index (χ0) is 30.1. The van der Waals surface area contributed by atoms with Gasteiger partial charge in [0.25, 0.3) is 11.8 Å². The summed E-state index contributed by atoms with van der Waals surface area (Å²) < 4.78 is 5.98. The number of amides is 2. The number of hydrogen-bond acceptors (Lipinski definition) is 10. The summed E-state index contributed by atoms with van der Waals surface area (Å²) in [7, 11) is 3.85. The highest BCUT2D eigenvalue weighted by atomic mass is 16.5. The van der Waals surface area contributed by atoms with Crippen molar-refractivity contribution in [3.8, 4) is 5.75 Å². The molecule has 6 rings (SSSR count). The number of nitrogens with zero attached hydrogens (tertiary/aromatic N) is 6. The van der Waals surface area contributed by atoms with E-state index in [1.165, 1.54) is 0 Å². The zero-order valence-corrected chi connectivity index (χ0v) is 25.3. The molecule has 1 aromatic carbocycles. The Bertz CT molecular complexity index is 1400. The first-order chi connectivity index (χ1) is 20.8. The van der Waals surface area contributed by atoms with Gasteiger partial charge in [-0.25, -0.2) is 4.98 Å². The minimum Gasteiger partial charge on any atom is -0.491 e. The second kappa shape index (κ2) is 12.5. The molecule has 0 radical (unpaired) electrons. The van der Waals surface area contributed by atoms with Crippen molar-refractivity contribution in [2.75, 3.05) is 75.1 Å². The summed E-state index contributed by atoms with van der Waals surface area (Å²) in [6.07, 6.45) is 7.81. The number of anilines is 4. The number of carbonyl (C=O) groups excluding carboxylic acids is 2. The first kappa shape index (κ1) is 29.3. The average Bonchev–Trinajstić information content (AvgIpc) is 3.72. The van der Waals surface area contributed by atoms with E-state index in [1.807, 2.05) is 19.1 Å². The maximum Gasteiger partial charge on any atom is 0.274 e. The van der Waals surface area contributed by atoms with Gasteiger partial charge in [-0.1, -0.05) is 18.9 Å². The van der Waals surface area contributed by atoms with Gasteiger partial charge in [-0.3, -0.25) is 14.5 Å². The van der Waals surface area contributed by atoms with Crippen LogP contribution in [0.1, 0.15) is 48.5 Å². The van der Waals surface area contributed by atoms with Crippen molar-refractivity contribution in [3.63, 3.8) is 0 Å². The van der Waals surface area contributed by atoms with Crippen molar-refractivity contribution in [1.29, 1.82) is 0 Å². The summed E-state index contributed by atoms with van der Waals surface area (Å²) >= 11 is 0. The summed E-state index contributed by atoms with van der Waals surface area (Å²) in [5.41, 5.74) is 3.36. The minimum absolute atomic E-state index is 0.0573. The predicted molar refractivity (Wildman–Crippen MR) is 165 cm³/mol. The monoisotopic (exact) mass is 590 g/mol. The number of rotatable bonds is 8. The fourth-order valence-corrected chi connectivity index (χ4v) is 6.56. The second-order valence-electron chi connectivity index (χ2n) is 11.9. The van der Waals surface area contributed by atoms with Crippen molar-refractivity contribution in [2.24, 2.45) is 0 Å². The molecule has 2 amide bonds. The topological polar surface area (TPSA) is 126 Å². The Morgan fingerprint density at radius 1 is 1.19 bits per heavy atom. The molecule has 1 saturated heterocycles. The summed E-state index contributed by atoms with van der Waals surface area (Å²) in [6.45, 7) is 6.88. The molecule has 4 aliphatic rings. The number of benzene rings is 1. The number of piperazine rings is 1. The van der Waals surface area contributed by atoms with Gasteiger partial charge in [0.1, 0.15) is 17.1 Å². The van der Waals surface area contributed by atoms with Crippen molar-refractivity contribution >= 4 is 35.0 Å². The number of β-amino-alcohol motifs (C(OH)–C–C–N with tert-alkyl or cyclic N) is 1. The normalized spacial score (nSPS) is 21.1. The Balaban J connectivity index is 1.18. The fourth-order valence-electron chi connectivity index (χ4n) is 6.56. The Labute approximate surface area is 252 Å². The van der Waals surface area contributed by atoms with Crippen molar-refractivity contribution < 1.29 is 19.4 Å². The van der Waals surface area contributed by atoms with E-state index >= 15 is 0 Å². The second-order valence-corrected chi connectivity index (χ2v) is 11.9. The molecule has 3 aliphatic heterocycles. The van der Waals surface area contributed by atoms with Crippen LogP contribution >= 0.6 is 0 Å². The summed E-state index contributed by atoms with van der Waals surface area (Å²) in [5.74, 6) is 1.43. The number of aromatic nitrogens is 2. The molecule has 4 heterocycles. The number of fused-ring (bicyclic) bond motifs is 2. The predicted octanol–water partition coefficient (Wildman–Crippen LogP) is 2.12. The van der Waals surface area contributed by atoms with Crippen LogP contribution in [-0.2, 0) is 11.2 Å². The lowest BCUT2D eigenvalue weighted by Crippen LogP contribution is -2.48. The van der Waals surface area contributed by atoms with Gasteiger partial charge in [0.05, 0.1) is 24.6 Å². The van der Waals surface area contributed by atoms with E-state index in [0.29, 0.717) is 59.7 Å². The molecule has 3 N–H and O–H groups in total. The number of hydrogen-bond donors (Lipinski definition) is 3. The summed E-state index contributed by atoms with van der Waals surface area (Å²) in [5, 5.41) is 16.8. The molecule has 1 aromatic heterocycles. The first-order valence-electron chi connectivity index (χ1n) is 15.4. The van der Waals surface area contributed by atoms with Crippen LogP contribution in [0, 0.1) is 0 Å². The molecule has 1 saturated carbocycles. The van der Waals surface area contributed by atoms with Gasteiger partial charge >= 0.3 is 0 Å². The van der Waals surface area contributed by atoms with Gasteiger partial charge in [0, 0.05) is 69.9 Å². The lowest BCUT2D eigenvalue weighted by molar-refractivity contribution is -0.115. The number of nitrogens with one attached hydrogen (secondary N) is 2. The smallest absolute Gasteiger partial charge is 0.274 e. The third-order valence-corrected chi connectivity index (χ3v) is 9.00. The van der Waals surface area contributed by atoms with Crippen LogP contribution in [0.2, 0.25) is 0 Å². The lowest BCUT2D eigenvalue weighted by Gasteiger charge is -2.39. The van der Waals surface area contributed by atoms with E-state index in [0.717, 1.165) is 57.4 Å². The van der Waals surface area contributed by atoms with Gasteiger partial charge in [0.2, 0.25) is 5.95 Å². The van der Waals surface area contributed by atoms with Crippen LogP contribution in [0.3, 0.4) is 0 Å². The summed E-state index contributed by atoms with van der Waals surface area (Å²) in [4.78, 5) is 43.9. The lowest BCUT2D eigenvalue weighted by atomic mass is 10.0. The van der Waals surface area contributed by atoms with Crippen LogP contribution in [0.25, 0.3) is 0 Å².